The third kappa shape index (κ3) is 2.36. The summed E-state index contributed by atoms with van der Waals surface area (Å²) < 4.78 is 5.90. The molecule has 1 heteroatoms. The molecular formula is C18H14O. The van der Waals surface area contributed by atoms with Crippen molar-refractivity contribution in [1.29, 1.82) is 0 Å². The van der Waals surface area contributed by atoms with Crippen LogP contribution in [0.4, 0.5) is 0 Å². The quantitative estimate of drug-likeness (QED) is 0.614. The molecule has 0 atom stereocenters. The molecule has 0 saturated heterocycles. The van der Waals surface area contributed by atoms with E-state index in [9.17, 15) is 0 Å². The summed E-state index contributed by atoms with van der Waals surface area (Å²) in [6.45, 7) is 3.75. The molecule has 0 bridgehead atoms. The summed E-state index contributed by atoms with van der Waals surface area (Å²) in [7, 11) is 0. The first-order chi connectivity index (χ1) is 9.36. The summed E-state index contributed by atoms with van der Waals surface area (Å²) in [5, 5.41) is 0. The standard InChI is InChI=1S/C18H14O/c1-2-14-8-10-16(11-9-14)18-13-12-17(19-18)15-6-4-3-5-7-15/h2-13H,1H2. The van der Waals surface area contributed by atoms with E-state index in [1.807, 2.05) is 72.8 Å². The normalized spacial score (nSPS) is 10.3. The Morgan fingerprint density at radius 2 is 1.26 bits per heavy atom. The molecule has 0 N–H and O–H groups in total. The van der Waals surface area contributed by atoms with Crippen LogP contribution in [0.15, 0.2) is 77.7 Å². The van der Waals surface area contributed by atoms with Crippen molar-refractivity contribution in [2.45, 2.75) is 0 Å². The van der Waals surface area contributed by atoms with Gasteiger partial charge in [0.25, 0.3) is 0 Å². The summed E-state index contributed by atoms with van der Waals surface area (Å²) in [4.78, 5) is 0. The predicted molar refractivity (Wildman–Crippen MR) is 79.7 cm³/mol. The summed E-state index contributed by atoms with van der Waals surface area (Å²) in [6, 6.07) is 22.3. The van der Waals surface area contributed by atoms with E-state index < -0.39 is 0 Å². The lowest BCUT2D eigenvalue weighted by Gasteiger charge is -1.99. The van der Waals surface area contributed by atoms with Crippen LogP contribution >= 0.6 is 0 Å². The monoisotopic (exact) mass is 246 g/mol. The molecule has 1 heterocycles. The van der Waals surface area contributed by atoms with Crippen molar-refractivity contribution in [1.82, 2.24) is 0 Å². The van der Waals surface area contributed by atoms with Gasteiger partial charge in [0.05, 0.1) is 0 Å². The maximum atomic E-state index is 5.90. The molecule has 2 aromatic carbocycles. The van der Waals surface area contributed by atoms with Crippen molar-refractivity contribution >= 4 is 6.08 Å². The van der Waals surface area contributed by atoms with Crippen molar-refractivity contribution in [2.75, 3.05) is 0 Å². The first-order valence-electron chi connectivity index (χ1n) is 6.25. The second-order valence-corrected chi connectivity index (χ2v) is 4.36. The molecule has 0 aliphatic carbocycles. The zero-order chi connectivity index (χ0) is 13.1. The van der Waals surface area contributed by atoms with Gasteiger partial charge in [-0.25, -0.2) is 0 Å². The second-order valence-electron chi connectivity index (χ2n) is 4.36. The molecule has 0 fully saturated rings. The van der Waals surface area contributed by atoms with Crippen LogP contribution in [-0.4, -0.2) is 0 Å². The summed E-state index contributed by atoms with van der Waals surface area (Å²) in [5.41, 5.74) is 3.28. The van der Waals surface area contributed by atoms with E-state index in [2.05, 4.69) is 6.58 Å². The van der Waals surface area contributed by atoms with Crippen molar-refractivity contribution in [2.24, 2.45) is 0 Å². The van der Waals surface area contributed by atoms with Gasteiger partial charge in [-0.15, -0.1) is 0 Å². The maximum absolute atomic E-state index is 5.90. The van der Waals surface area contributed by atoms with E-state index in [0.717, 1.165) is 28.2 Å². The Hall–Kier alpha value is -2.54. The highest BCUT2D eigenvalue weighted by Gasteiger charge is 2.05. The van der Waals surface area contributed by atoms with Gasteiger partial charge < -0.3 is 4.42 Å². The van der Waals surface area contributed by atoms with Gasteiger partial charge in [-0.05, 0) is 17.7 Å². The Morgan fingerprint density at radius 1 is 0.684 bits per heavy atom. The predicted octanol–water partition coefficient (Wildman–Crippen LogP) is 5.26. The molecule has 0 saturated carbocycles. The first kappa shape index (κ1) is 11.5. The second kappa shape index (κ2) is 4.99. The minimum atomic E-state index is 0.884. The van der Waals surface area contributed by atoms with Crippen molar-refractivity contribution in [3.05, 3.63) is 78.9 Å². The minimum absolute atomic E-state index is 0.884. The van der Waals surface area contributed by atoms with Crippen LogP contribution in [-0.2, 0) is 0 Å². The fourth-order valence-electron chi connectivity index (χ4n) is 2.03. The fraction of sp³-hybridized carbons (Fsp3) is 0. The largest absolute Gasteiger partial charge is 0.456 e. The van der Waals surface area contributed by atoms with Crippen LogP contribution in [0, 0.1) is 0 Å². The molecule has 3 aromatic rings. The van der Waals surface area contributed by atoms with Crippen LogP contribution in [0.3, 0.4) is 0 Å². The van der Waals surface area contributed by atoms with E-state index in [0.29, 0.717) is 0 Å². The zero-order valence-corrected chi connectivity index (χ0v) is 10.5. The number of hydrogen-bond acceptors (Lipinski definition) is 1. The average Bonchev–Trinajstić information content (AvgIpc) is 2.98. The topological polar surface area (TPSA) is 13.1 Å². The van der Waals surface area contributed by atoms with Crippen molar-refractivity contribution in [3.8, 4) is 22.6 Å². The molecule has 92 valence electrons. The highest BCUT2D eigenvalue weighted by molar-refractivity contribution is 5.65. The van der Waals surface area contributed by atoms with E-state index in [1.165, 1.54) is 0 Å². The van der Waals surface area contributed by atoms with Gasteiger partial charge in [-0.2, -0.15) is 0 Å². The Kier molecular flexibility index (Phi) is 3.03. The third-order valence-electron chi connectivity index (χ3n) is 3.10. The van der Waals surface area contributed by atoms with Crippen LogP contribution in [0.5, 0.6) is 0 Å². The fourth-order valence-corrected chi connectivity index (χ4v) is 2.03. The molecule has 0 aliphatic heterocycles. The van der Waals surface area contributed by atoms with Gasteiger partial charge in [-0.3, -0.25) is 0 Å². The smallest absolute Gasteiger partial charge is 0.134 e. The number of hydrogen-bond donors (Lipinski definition) is 0. The van der Waals surface area contributed by atoms with Gasteiger partial charge >= 0.3 is 0 Å². The van der Waals surface area contributed by atoms with Crippen LogP contribution in [0.25, 0.3) is 28.7 Å². The van der Waals surface area contributed by atoms with Crippen LogP contribution in [0.1, 0.15) is 5.56 Å². The van der Waals surface area contributed by atoms with Gasteiger partial charge in [-0.1, -0.05) is 67.3 Å². The Bertz CT molecular complexity index is 675. The molecule has 19 heavy (non-hydrogen) atoms. The van der Waals surface area contributed by atoms with Gasteiger partial charge in [0.2, 0.25) is 0 Å². The Morgan fingerprint density at radius 3 is 1.84 bits per heavy atom. The molecule has 0 unspecified atom stereocenters. The minimum Gasteiger partial charge on any atom is -0.456 e. The van der Waals surface area contributed by atoms with E-state index in [1.54, 1.807) is 0 Å². The first-order valence-corrected chi connectivity index (χ1v) is 6.25. The van der Waals surface area contributed by atoms with Crippen molar-refractivity contribution in [3.63, 3.8) is 0 Å². The Labute approximate surface area is 112 Å². The lowest BCUT2D eigenvalue weighted by atomic mass is 10.1. The maximum Gasteiger partial charge on any atom is 0.134 e. The van der Waals surface area contributed by atoms with Gasteiger partial charge in [0.15, 0.2) is 0 Å². The summed E-state index contributed by atoms with van der Waals surface area (Å²) >= 11 is 0. The molecule has 1 aromatic heterocycles. The highest BCUT2D eigenvalue weighted by Crippen LogP contribution is 2.28. The van der Waals surface area contributed by atoms with E-state index in [4.69, 9.17) is 4.42 Å². The zero-order valence-electron chi connectivity index (χ0n) is 10.5. The summed E-state index contributed by atoms with van der Waals surface area (Å²) in [5.74, 6) is 1.78. The van der Waals surface area contributed by atoms with E-state index in [-0.39, 0.29) is 0 Å². The molecule has 0 amide bonds. The van der Waals surface area contributed by atoms with Gasteiger partial charge in [0, 0.05) is 11.1 Å². The number of furan rings is 1. The molecule has 1 nitrogen and oxygen atoms in total. The highest BCUT2D eigenvalue weighted by atomic mass is 16.3. The van der Waals surface area contributed by atoms with Crippen molar-refractivity contribution < 1.29 is 4.42 Å². The Balaban J connectivity index is 1.94. The molecule has 3 rings (SSSR count). The average molecular weight is 246 g/mol. The molecular weight excluding hydrogens is 232 g/mol. The lowest BCUT2D eigenvalue weighted by Crippen LogP contribution is -1.75. The lowest BCUT2D eigenvalue weighted by molar-refractivity contribution is 0.597. The SMILES string of the molecule is C=Cc1ccc(-c2ccc(-c3ccccc3)o2)cc1. The van der Waals surface area contributed by atoms with E-state index >= 15 is 0 Å². The molecule has 0 aliphatic rings. The number of rotatable bonds is 3. The van der Waals surface area contributed by atoms with Crippen LogP contribution < -0.4 is 0 Å². The molecule has 0 radical (unpaired) electrons. The van der Waals surface area contributed by atoms with Gasteiger partial charge in [0.1, 0.15) is 11.5 Å². The van der Waals surface area contributed by atoms with Crippen LogP contribution in [0.2, 0.25) is 0 Å². The molecule has 0 spiro atoms. The number of benzene rings is 2. The summed E-state index contributed by atoms with van der Waals surface area (Å²) in [6.07, 6.45) is 1.83. The third-order valence-corrected chi connectivity index (χ3v) is 3.10.